The van der Waals surface area contributed by atoms with Crippen molar-refractivity contribution in [3.8, 4) is 0 Å². The van der Waals surface area contributed by atoms with Crippen molar-refractivity contribution in [3.63, 3.8) is 0 Å². The molecule has 1 aliphatic heterocycles. The molecule has 0 spiro atoms. The van der Waals surface area contributed by atoms with Crippen molar-refractivity contribution in [1.82, 2.24) is 0 Å². The Morgan fingerprint density at radius 3 is 2.70 bits per heavy atom. The molecule has 2 atom stereocenters. The zero-order valence-electron chi connectivity index (χ0n) is 11.8. The van der Waals surface area contributed by atoms with Gasteiger partial charge in [0.2, 0.25) is 0 Å². The van der Waals surface area contributed by atoms with E-state index in [-0.39, 0.29) is 18.6 Å². The van der Waals surface area contributed by atoms with E-state index in [9.17, 15) is 4.79 Å². The first-order chi connectivity index (χ1) is 9.44. The van der Waals surface area contributed by atoms with E-state index in [4.69, 9.17) is 14.6 Å². The molecule has 2 unspecified atom stereocenters. The molecule has 0 aromatic heterocycles. The number of hydrogen-bond acceptors (Lipinski definition) is 3. The predicted octanol–water partition coefficient (Wildman–Crippen LogP) is 3.08. The summed E-state index contributed by atoms with van der Waals surface area (Å²) in [6.07, 6.45) is 4.06. The van der Waals surface area contributed by atoms with Crippen molar-refractivity contribution in [2.75, 3.05) is 0 Å². The maximum Gasteiger partial charge on any atom is 0.305 e. The Bertz CT molecular complexity index is 479. The molecule has 1 saturated heterocycles. The Kier molecular flexibility index (Phi) is 4.57. The van der Waals surface area contributed by atoms with Crippen LogP contribution in [0.4, 0.5) is 0 Å². The van der Waals surface area contributed by atoms with Gasteiger partial charge in [-0.05, 0) is 19.4 Å². The average Bonchev–Trinajstić information content (AvgIpc) is 2.35. The molecule has 0 bridgehead atoms. The minimum atomic E-state index is -0.849. The summed E-state index contributed by atoms with van der Waals surface area (Å²) in [5.74, 6) is -1.61. The van der Waals surface area contributed by atoms with Crippen LogP contribution in [0.15, 0.2) is 36.4 Å². The topological polar surface area (TPSA) is 55.8 Å². The Morgan fingerprint density at radius 1 is 1.35 bits per heavy atom. The molecule has 1 N–H and O–H groups in total. The van der Waals surface area contributed by atoms with Crippen molar-refractivity contribution in [2.24, 2.45) is 0 Å². The molecule has 0 amide bonds. The summed E-state index contributed by atoms with van der Waals surface area (Å²) < 4.78 is 11.4. The molecule has 1 heterocycles. The van der Waals surface area contributed by atoms with E-state index < -0.39 is 11.8 Å². The summed E-state index contributed by atoms with van der Waals surface area (Å²) in [7, 11) is 0. The van der Waals surface area contributed by atoms with Crippen LogP contribution >= 0.6 is 0 Å². The first kappa shape index (κ1) is 14.8. The van der Waals surface area contributed by atoms with Gasteiger partial charge in [-0.2, -0.15) is 0 Å². The van der Waals surface area contributed by atoms with Crippen LogP contribution < -0.4 is 0 Å². The lowest BCUT2D eigenvalue weighted by Gasteiger charge is -2.39. The van der Waals surface area contributed by atoms with Crippen molar-refractivity contribution >= 4 is 12.0 Å². The number of rotatable bonds is 4. The summed E-state index contributed by atoms with van der Waals surface area (Å²) in [5, 5.41) is 8.89. The van der Waals surface area contributed by atoms with Gasteiger partial charge < -0.3 is 14.6 Å². The van der Waals surface area contributed by atoms with E-state index >= 15 is 0 Å². The lowest BCUT2D eigenvalue weighted by atomic mass is 10.0. The zero-order chi connectivity index (χ0) is 14.6. The van der Waals surface area contributed by atoms with Gasteiger partial charge >= 0.3 is 5.97 Å². The van der Waals surface area contributed by atoms with Gasteiger partial charge in [0, 0.05) is 6.42 Å². The van der Waals surface area contributed by atoms with Crippen LogP contribution in [0.25, 0.3) is 6.08 Å². The minimum Gasteiger partial charge on any atom is -0.481 e. The third-order valence-corrected chi connectivity index (χ3v) is 3.09. The second-order valence-electron chi connectivity index (χ2n) is 5.40. The van der Waals surface area contributed by atoms with E-state index in [2.05, 4.69) is 0 Å². The monoisotopic (exact) mass is 276 g/mol. The summed E-state index contributed by atoms with van der Waals surface area (Å²) >= 11 is 0. The SMILES string of the molecule is CC1(C)OC(/C=C\c2ccccc2)CC(CC(=O)O)O1. The number of carboxylic acid groups (broad SMARTS) is 1. The number of benzene rings is 1. The molecular weight excluding hydrogens is 256 g/mol. The molecule has 1 aromatic carbocycles. The molecule has 0 radical (unpaired) electrons. The molecule has 4 nitrogen and oxygen atoms in total. The minimum absolute atomic E-state index is 0.00245. The van der Waals surface area contributed by atoms with Crippen LogP contribution in [0.5, 0.6) is 0 Å². The molecule has 0 saturated carbocycles. The van der Waals surface area contributed by atoms with Crippen molar-refractivity contribution in [1.29, 1.82) is 0 Å². The molecule has 1 aliphatic rings. The maximum atomic E-state index is 10.8. The van der Waals surface area contributed by atoms with Crippen LogP contribution in [0.2, 0.25) is 0 Å². The number of aliphatic carboxylic acids is 1. The highest BCUT2D eigenvalue weighted by molar-refractivity contribution is 5.67. The van der Waals surface area contributed by atoms with Gasteiger partial charge in [0.05, 0.1) is 18.6 Å². The van der Waals surface area contributed by atoms with Crippen LogP contribution in [-0.4, -0.2) is 29.1 Å². The Hall–Kier alpha value is -1.65. The van der Waals surface area contributed by atoms with Crippen molar-refractivity contribution in [2.45, 2.75) is 44.7 Å². The standard InChI is InChI=1S/C16H20O4/c1-16(2)19-13(10-14(20-16)11-15(17)18)9-8-12-6-4-3-5-7-12/h3-9,13-14H,10-11H2,1-2H3,(H,17,18)/b9-8-. The Labute approximate surface area is 119 Å². The molecule has 2 rings (SSSR count). The van der Waals surface area contributed by atoms with Crippen molar-refractivity contribution < 1.29 is 19.4 Å². The number of ether oxygens (including phenoxy) is 2. The second-order valence-corrected chi connectivity index (χ2v) is 5.40. The lowest BCUT2D eigenvalue weighted by molar-refractivity contribution is -0.290. The second kappa shape index (κ2) is 6.20. The molecule has 0 aliphatic carbocycles. The molecule has 1 fully saturated rings. The first-order valence-electron chi connectivity index (χ1n) is 6.75. The zero-order valence-corrected chi connectivity index (χ0v) is 11.8. The maximum absolute atomic E-state index is 10.8. The predicted molar refractivity (Wildman–Crippen MR) is 76.2 cm³/mol. The molecule has 20 heavy (non-hydrogen) atoms. The largest absolute Gasteiger partial charge is 0.481 e. The fraction of sp³-hybridized carbons (Fsp3) is 0.438. The van der Waals surface area contributed by atoms with E-state index in [1.54, 1.807) is 0 Å². The highest BCUT2D eigenvalue weighted by Crippen LogP contribution is 2.29. The van der Waals surface area contributed by atoms with Gasteiger partial charge in [-0.1, -0.05) is 42.5 Å². The fourth-order valence-electron chi connectivity index (χ4n) is 2.37. The Morgan fingerprint density at radius 2 is 2.05 bits per heavy atom. The number of carboxylic acids is 1. The molecule has 4 heteroatoms. The molecule has 1 aromatic rings. The molecule has 108 valence electrons. The van der Waals surface area contributed by atoms with Gasteiger partial charge in [0.1, 0.15) is 0 Å². The van der Waals surface area contributed by atoms with Crippen LogP contribution in [-0.2, 0) is 14.3 Å². The average molecular weight is 276 g/mol. The fourth-order valence-corrected chi connectivity index (χ4v) is 2.37. The highest BCUT2D eigenvalue weighted by Gasteiger charge is 2.35. The third-order valence-electron chi connectivity index (χ3n) is 3.09. The lowest BCUT2D eigenvalue weighted by Crippen LogP contribution is -2.44. The van der Waals surface area contributed by atoms with Crippen molar-refractivity contribution in [3.05, 3.63) is 42.0 Å². The summed E-state index contributed by atoms with van der Waals surface area (Å²) in [6, 6.07) is 9.93. The van der Waals surface area contributed by atoms with Gasteiger partial charge in [-0.3, -0.25) is 4.79 Å². The van der Waals surface area contributed by atoms with Gasteiger partial charge in [0.25, 0.3) is 0 Å². The third kappa shape index (κ3) is 4.47. The van der Waals surface area contributed by atoms with Crippen LogP contribution in [0, 0.1) is 0 Å². The number of carbonyl (C=O) groups is 1. The summed E-state index contributed by atoms with van der Waals surface area (Å²) in [6.45, 7) is 3.62. The summed E-state index contributed by atoms with van der Waals surface area (Å²) in [4.78, 5) is 10.8. The van der Waals surface area contributed by atoms with Gasteiger partial charge in [-0.15, -0.1) is 0 Å². The van der Waals surface area contributed by atoms with E-state index in [0.29, 0.717) is 6.42 Å². The molecular formula is C16H20O4. The number of hydrogen-bond donors (Lipinski definition) is 1. The van der Waals surface area contributed by atoms with E-state index in [1.165, 1.54) is 0 Å². The first-order valence-corrected chi connectivity index (χ1v) is 6.75. The van der Waals surface area contributed by atoms with Crippen LogP contribution in [0.1, 0.15) is 32.3 Å². The van der Waals surface area contributed by atoms with Gasteiger partial charge in [-0.25, -0.2) is 0 Å². The smallest absolute Gasteiger partial charge is 0.305 e. The van der Waals surface area contributed by atoms with Crippen LogP contribution in [0.3, 0.4) is 0 Å². The van der Waals surface area contributed by atoms with Gasteiger partial charge in [0.15, 0.2) is 5.79 Å². The normalized spacial score (nSPS) is 25.7. The highest BCUT2D eigenvalue weighted by atomic mass is 16.7. The van der Waals surface area contributed by atoms with E-state index in [0.717, 1.165) is 5.56 Å². The Balaban J connectivity index is 2.03. The quantitative estimate of drug-likeness (QED) is 0.918. The summed E-state index contributed by atoms with van der Waals surface area (Å²) in [5.41, 5.74) is 1.09. The van der Waals surface area contributed by atoms with E-state index in [1.807, 2.05) is 56.3 Å².